The Bertz CT molecular complexity index is 1040. The van der Waals surface area contributed by atoms with Crippen molar-refractivity contribution in [2.75, 3.05) is 5.32 Å². The molecule has 2 aromatic heterocycles. The summed E-state index contributed by atoms with van der Waals surface area (Å²) in [5, 5.41) is 7.90. The normalized spacial score (nSPS) is 10.6. The van der Waals surface area contributed by atoms with E-state index in [4.69, 9.17) is 0 Å². The Morgan fingerprint density at radius 2 is 1.61 bits per heavy atom. The molecule has 28 heavy (non-hydrogen) atoms. The molecule has 0 fully saturated rings. The summed E-state index contributed by atoms with van der Waals surface area (Å²) in [5.41, 5.74) is 3.68. The number of aromatic nitrogens is 3. The van der Waals surface area contributed by atoms with Crippen LogP contribution in [0.5, 0.6) is 0 Å². The van der Waals surface area contributed by atoms with Gasteiger partial charge in [0.05, 0.1) is 12.1 Å². The molecule has 0 atom stereocenters. The number of anilines is 1. The van der Waals surface area contributed by atoms with Gasteiger partial charge in [0.15, 0.2) is 0 Å². The molecule has 0 spiro atoms. The average Bonchev–Trinajstić information content (AvgIpc) is 3.19. The van der Waals surface area contributed by atoms with Crippen molar-refractivity contribution in [2.24, 2.45) is 0 Å². The quantitative estimate of drug-likeness (QED) is 0.547. The molecule has 5 heteroatoms. The molecule has 0 amide bonds. The second-order valence-corrected chi connectivity index (χ2v) is 6.46. The summed E-state index contributed by atoms with van der Waals surface area (Å²) in [6.07, 6.45) is 3.75. The number of rotatable bonds is 6. The first-order chi connectivity index (χ1) is 13.8. The molecule has 1 N–H and O–H groups in total. The monoisotopic (exact) mass is 368 g/mol. The Labute approximate surface area is 163 Å². The van der Waals surface area contributed by atoms with Crippen LogP contribution in [0.15, 0.2) is 91.3 Å². The topological polar surface area (TPSA) is 59.8 Å². The summed E-state index contributed by atoms with van der Waals surface area (Å²) in [6.45, 7) is 0.609. The van der Waals surface area contributed by atoms with Gasteiger partial charge in [-0.25, -0.2) is 0 Å². The van der Waals surface area contributed by atoms with Crippen LogP contribution in [0.1, 0.15) is 15.9 Å². The summed E-state index contributed by atoms with van der Waals surface area (Å²) >= 11 is 0. The first-order valence-corrected chi connectivity index (χ1v) is 9.15. The number of carbonyl (C=O) groups is 1. The lowest BCUT2D eigenvalue weighted by Gasteiger charge is -2.09. The molecule has 0 saturated heterocycles. The molecule has 2 aromatic carbocycles. The minimum absolute atomic E-state index is 0.0862. The number of nitrogens with zero attached hydrogens (tertiary/aromatic N) is 3. The maximum absolute atomic E-state index is 12.9. The fourth-order valence-electron chi connectivity index (χ4n) is 2.99. The van der Waals surface area contributed by atoms with Crippen molar-refractivity contribution in [3.05, 3.63) is 102 Å². The standard InChI is InChI=1S/C23H20N4O/c28-23(14-18-8-3-1-4-9-18)27-22(25-16-19-10-5-2-6-11-19)15-21(26-27)20-12-7-13-24-17-20/h1-13,15,17,25H,14,16H2. The van der Waals surface area contributed by atoms with Crippen LogP contribution >= 0.6 is 0 Å². The second-order valence-electron chi connectivity index (χ2n) is 6.46. The number of hydrogen-bond donors (Lipinski definition) is 1. The highest BCUT2D eigenvalue weighted by molar-refractivity contribution is 5.84. The molecular formula is C23H20N4O. The summed E-state index contributed by atoms with van der Waals surface area (Å²) in [6, 6.07) is 25.4. The van der Waals surface area contributed by atoms with E-state index < -0.39 is 0 Å². The maximum Gasteiger partial charge on any atom is 0.253 e. The molecule has 2 heterocycles. The van der Waals surface area contributed by atoms with Gasteiger partial charge in [-0.1, -0.05) is 60.7 Å². The zero-order valence-electron chi connectivity index (χ0n) is 15.3. The van der Waals surface area contributed by atoms with E-state index >= 15 is 0 Å². The van der Waals surface area contributed by atoms with E-state index in [1.165, 1.54) is 4.68 Å². The highest BCUT2D eigenvalue weighted by Gasteiger charge is 2.16. The lowest BCUT2D eigenvalue weighted by molar-refractivity contribution is 0.0901. The van der Waals surface area contributed by atoms with Crippen LogP contribution in [0.3, 0.4) is 0 Å². The fraction of sp³-hybridized carbons (Fsp3) is 0.0870. The third-order valence-corrected chi connectivity index (χ3v) is 4.42. The van der Waals surface area contributed by atoms with E-state index in [0.29, 0.717) is 18.1 Å². The molecular weight excluding hydrogens is 348 g/mol. The summed E-state index contributed by atoms with van der Waals surface area (Å²) in [4.78, 5) is 17.1. The molecule has 0 radical (unpaired) electrons. The van der Waals surface area contributed by atoms with E-state index in [0.717, 1.165) is 16.7 Å². The van der Waals surface area contributed by atoms with Crippen LogP contribution in [0.4, 0.5) is 5.82 Å². The fourth-order valence-corrected chi connectivity index (χ4v) is 2.99. The summed E-state index contributed by atoms with van der Waals surface area (Å²) in [5.74, 6) is 0.584. The van der Waals surface area contributed by atoms with Crippen LogP contribution in [-0.4, -0.2) is 20.7 Å². The molecule has 5 nitrogen and oxygen atoms in total. The summed E-state index contributed by atoms with van der Waals surface area (Å²) < 4.78 is 1.46. The Morgan fingerprint density at radius 1 is 0.893 bits per heavy atom. The molecule has 0 saturated carbocycles. The van der Waals surface area contributed by atoms with Gasteiger partial charge < -0.3 is 5.32 Å². The van der Waals surface area contributed by atoms with Gasteiger partial charge in [-0.15, -0.1) is 0 Å². The van der Waals surface area contributed by atoms with Crippen LogP contribution < -0.4 is 5.32 Å². The van der Waals surface area contributed by atoms with Crippen LogP contribution in [0, 0.1) is 0 Å². The van der Waals surface area contributed by atoms with E-state index in [1.54, 1.807) is 12.4 Å². The highest BCUT2D eigenvalue weighted by atomic mass is 16.2. The van der Waals surface area contributed by atoms with Crippen molar-refractivity contribution in [3.63, 3.8) is 0 Å². The van der Waals surface area contributed by atoms with E-state index in [-0.39, 0.29) is 12.3 Å². The van der Waals surface area contributed by atoms with Crippen molar-refractivity contribution >= 4 is 11.7 Å². The van der Waals surface area contributed by atoms with Gasteiger partial charge in [0.2, 0.25) is 0 Å². The van der Waals surface area contributed by atoms with Crippen molar-refractivity contribution in [1.29, 1.82) is 0 Å². The van der Waals surface area contributed by atoms with Crippen molar-refractivity contribution in [1.82, 2.24) is 14.8 Å². The Kier molecular flexibility index (Phi) is 5.24. The van der Waals surface area contributed by atoms with Crippen LogP contribution in [0.2, 0.25) is 0 Å². The third kappa shape index (κ3) is 4.15. The van der Waals surface area contributed by atoms with E-state index in [2.05, 4.69) is 15.4 Å². The molecule has 0 aliphatic heterocycles. The Hall–Kier alpha value is -3.73. The van der Waals surface area contributed by atoms with Gasteiger partial charge in [-0.05, 0) is 23.3 Å². The number of pyridine rings is 1. The second kappa shape index (κ2) is 8.31. The third-order valence-electron chi connectivity index (χ3n) is 4.42. The lowest BCUT2D eigenvalue weighted by Crippen LogP contribution is -2.18. The van der Waals surface area contributed by atoms with Crippen LogP contribution in [0.25, 0.3) is 11.3 Å². The van der Waals surface area contributed by atoms with Crippen molar-refractivity contribution in [3.8, 4) is 11.3 Å². The first kappa shape index (κ1) is 17.7. The minimum Gasteiger partial charge on any atom is -0.366 e. The molecule has 0 aliphatic rings. The van der Waals surface area contributed by atoms with Gasteiger partial charge in [-0.3, -0.25) is 9.78 Å². The van der Waals surface area contributed by atoms with Gasteiger partial charge in [-0.2, -0.15) is 9.78 Å². The number of benzene rings is 2. The predicted octanol–water partition coefficient (Wildman–Crippen LogP) is 4.44. The van der Waals surface area contributed by atoms with E-state index in [9.17, 15) is 4.79 Å². The van der Waals surface area contributed by atoms with E-state index in [1.807, 2.05) is 78.9 Å². The summed E-state index contributed by atoms with van der Waals surface area (Å²) in [7, 11) is 0. The Balaban J connectivity index is 1.62. The minimum atomic E-state index is -0.0862. The molecule has 0 unspecified atom stereocenters. The van der Waals surface area contributed by atoms with Gasteiger partial charge in [0.1, 0.15) is 5.82 Å². The average molecular weight is 368 g/mol. The van der Waals surface area contributed by atoms with Gasteiger partial charge in [0, 0.05) is 30.6 Å². The first-order valence-electron chi connectivity index (χ1n) is 9.15. The zero-order valence-corrected chi connectivity index (χ0v) is 15.3. The molecule has 4 rings (SSSR count). The molecule has 4 aromatic rings. The largest absolute Gasteiger partial charge is 0.366 e. The van der Waals surface area contributed by atoms with Gasteiger partial charge in [0.25, 0.3) is 5.91 Å². The van der Waals surface area contributed by atoms with Crippen molar-refractivity contribution in [2.45, 2.75) is 13.0 Å². The SMILES string of the molecule is O=C(Cc1ccccc1)n1nc(-c2cccnc2)cc1NCc1ccccc1. The smallest absolute Gasteiger partial charge is 0.253 e. The van der Waals surface area contributed by atoms with Gasteiger partial charge >= 0.3 is 0 Å². The Morgan fingerprint density at radius 3 is 2.29 bits per heavy atom. The zero-order chi connectivity index (χ0) is 19.2. The maximum atomic E-state index is 12.9. The van der Waals surface area contributed by atoms with Crippen LogP contribution in [-0.2, 0) is 13.0 Å². The number of hydrogen-bond acceptors (Lipinski definition) is 4. The number of nitrogens with one attached hydrogen (secondary N) is 1. The highest BCUT2D eigenvalue weighted by Crippen LogP contribution is 2.22. The van der Waals surface area contributed by atoms with Crippen molar-refractivity contribution < 1.29 is 4.79 Å². The molecule has 0 bridgehead atoms. The number of carbonyl (C=O) groups excluding carboxylic acids is 1. The molecule has 138 valence electrons. The predicted molar refractivity (Wildman–Crippen MR) is 110 cm³/mol. The lowest BCUT2D eigenvalue weighted by atomic mass is 10.1. The molecule has 0 aliphatic carbocycles.